The summed E-state index contributed by atoms with van der Waals surface area (Å²) in [5.41, 5.74) is 1.32. The molecule has 2 rings (SSSR count). The van der Waals surface area contributed by atoms with Crippen LogP contribution in [0.2, 0.25) is 0 Å². The van der Waals surface area contributed by atoms with E-state index in [0.717, 1.165) is 12.8 Å². The Hall–Kier alpha value is -1.23. The van der Waals surface area contributed by atoms with Crippen LogP contribution in [0.25, 0.3) is 0 Å². The van der Waals surface area contributed by atoms with Gasteiger partial charge in [0.2, 0.25) is 0 Å². The first-order valence-electron chi connectivity index (χ1n) is 6.28. The molecule has 1 fully saturated rings. The fourth-order valence-electron chi connectivity index (χ4n) is 1.97. The van der Waals surface area contributed by atoms with Gasteiger partial charge < -0.3 is 15.5 Å². The Labute approximate surface area is 107 Å². The van der Waals surface area contributed by atoms with Gasteiger partial charge in [0.05, 0.1) is 6.10 Å². The van der Waals surface area contributed by atoms with Crippen molar-refractivity contribution in [2.75, 3.05) is 13.6 Å². The lowest BCUT2D eigenvalue weighted by Gasteiger charge is -2.17. The molecule has 3 N–H and O–H groups in total. The number of hydrogen-bond acceptors (Lipinski definition) is 4. The summed E-state index contributed by atoms with van der Waals surface area (Å²) in [4.78, 5) is 11.8. The van der Waals surface area contributed by atoms with Gasteiger partial charge in [0.25, 0.3) is 0 Å². The van der Waals surface area contributed by atoms with Crippen LogP contribution in [0.4, 0.5) is 0 Å². The van der Waals surface area contributed by atoms with Crippen LogP contribution in [0.1, 0.15) is 34.9 Å². The molecule has 1 saturated carbocycles. The summed E-state index contributed by atoms with van der Waals surface area (Å²) in [7, 11) is 1.72. The Morgan fingerprint density at radius 1 is 1.33 bits per heavy atom. The largest absolute Gasteiger partial charge is 0.389 e. The maximum Gasteiger partial charge on any atom is 0.165 e. The SMILES string of the molecule is CNCC(O)C(O)c1ccc(C(=O)C2CC2)cc1. The number of Topliss-reactive ketones (excluding diaryl/α,β-unsaturated/α-hetero) is 1. The summed E-state index contributed by atoms with van der Waals surface area (Å²) in [5, 5.41) is 22.4. The van der Waals surface area contributed by atoms with Crippen molar-refractivity contribution in [2.24, 2.45) is 5.92 Å². The quantitative estimate of drug-likeness (QED) is 0.655. The third kappa shape index (κ3) is 2.96. The van der Waals surface area contributed by atoms with Crippen LogP contribution < -0.4 is 5.32 Å². The Morgan fingerprint density at radius 3 is 2.44 bits per heavy atom. The number of benzene rings is 1. The smallest absolute Gasteiger partial charge is 0.165 e. The molecule has 1 aliphatic carbocycles. The van der Waals surface area contributed by atoms with Gasteiger partial charge in [0, 0.05) is 18.0 Å². The van der Waals surface area contributed by atoms with Gasteiger partial charge >= 0.3 is 0 Å². The Kier molecular flexibility index (Phi) is 4.11. The molecule has 0 bridgehead atoms. The Balaban J connectivity index is 2.04. The van der Waals surface area contributed by atoms with Crippen LogP contribution >= 0.6 is 0 Å². The molecule has 18 heavy (non-hydrogen) atoms. The van der Waals surface area contributed by atoms with E-state index in [9.17, 15) is 15.0 Å². The minimum atomic E-state index is -0.928. The number of nitrogens with one attached hydrogen (secondary N) is 1. The molecule has 0 aromatic heterocycles. The van der Waals surface area contributed by atoms with Gasteiger partial charge in [0.1, 0.15) is 6.10 Å². The molecule has 0 heterocycles. The van der Waals surface area contributed by atoms with E-state index in [0.29, 0.717) is 17.7 Å². The minimum Gasteiger partial charge on any atom is -0.389 e. The van der Waals surface area contributed by atoms with Gasteiger partial charge in [0.15, 0.2) is 5.78 Å². The van der Waals surface area contributed by atoms with Gasteiger partial charge in [-0.05, 0) is 25.5 Å². The van der Waals surface area contributed by atoms with E-state index >= 15 is 0 Å². The monoisotopic (exact) mass is 249 g/mol. The zero-order valence-electron chi connectivity index (χ0n) is 10.5. The van der Waals surface area contributed by atoms with E-state index in [1.807, 2.05) is 0 Å². The molecule has 0 aliphatic heterocycles. The van der Waals surface area contributed by atoms with Crippen molar-refractivity contribution < 1.29 is 15.0 Å². The number of rotatable bonds is 6. The molecule has 0 amide bonds. The van der Waals surface area contributed by atoms with Gasteiger partial charge in [-0.2, -0.15) is 0 Å². The summed E-state index contributed by atoms with van der Waals surface area (Å²) < 4.78 is 0. The van der Waals surface area contributed by atoms with Crippen LogP contribution in [0.15, 0.2) is 24.3 Å². The van der Waals surface area contributed by atoms with Crippen molar-refractivity contribution in [2.45, 2.75) is 25.0 Å². The Bertz CT molecular complexity index is 412. The molecule has 1 aromatic carbocycles. The second-order valence-electron chi connectivity index (χ2n) is 4.83. The predicted molar refractivity (Wildman–Crippen MR) is 68.4 cm³/mol. The molecule has 1 aromatic rings. The second-order valence-corrected chi connectivity index (χ2v) is 4.83. The fourth-order valence-corrected chi connectivity index (χ4v) is 1.97. The van der Waals surface area contributed by atoms with Crippen molar-refractivity contribution in [3.63, 3.8) is 0 Å². The molecular weight excluding hydrogens is 230 g/mol. The van der Waals surface area contributed by atoms with E-state index < -0.39 is 12.2 Å². The van der Waals surface area contributed by atoms with Crippen molar-refractivity contribution in [3.8, 4) is 0 Å². The van der Waals surface area contributed by atoms with Crippen molar-refractivity contribution >= 4 is 5.78 Å². The minimum absolute atomic E-state index is 0.187. The molecular formula is C14H19NO3. The molecule has 0 saturated heterocycles. The van der Waals surface area contributed by atoms with Crippen LogP contribution in [-0.2, 0) is 0 Å². The predicted octanol–water partition coefficient (Wildman–Crippen LogP) is 0.893. The highest BCUT2D eigenvalue weighted by molar-refractivity contribution is 5.99. The number of aliphatic hydroxyl groups excluding tert-OH is 2. The van der Waals surface area contributed by atoms with Gasteiger partial charge in [-0.15, -0.1) is 0 Å². The van der Waals surface area contributed by atoms with E-state index in [-0.39, 0.29) is 11.7 Å². The average Bonchev–Trinajstić information content (AvgIpc) is 3.22. The van der Waals surface area contributed by atoms with Crippen LogP contribution in [0.5, 0.6) is 0 Å². The van der Waals surface area contributed by atoms with Crippen molar-refractivity contribution in [1.29, 1.82) is 0 Å². The summed E-state index contributed by atoms with van der Waals surface area (Å²) in [6.07, 6.45) is 0.205. The topological polar surface area (TPSA) is 69.6 Å². The van der Waals surface area contributed by atoms with Crippen LogP contribution in [0.3, 0.4) is 0 Å². The van der Waals surface area contributed by atoms with Crippen LogP contribution in [0, 0.1) is 5.92 Å². The van der Waals surface area contributed by atoms with Crippen molar-refractivity contribution in [1.82, 2.24) is 5.32 Å². The molecule has 0 spiro atoms. The molecule has 4 nitrogen and oxygen atoms in total. The van der Waals surface area contributed by atoms with E-state index in [4.69, 9.17) is 0 Å². The van der Waals surface area contributed by atoms with Gasteiger partial charge in [-0.3, -0.25) is 4.79 Å². The fraction of sp³-hybridized carbons (Fsp3) is 0.500. The Morgan fingerprint density at radius 2 is 1.94 bits per heavy atom. The third-order valence-corrected chi connectivity index (χ3v) is 3.26. The molecule has 2 unspecified atom stereocenters. The normalized spacial score (nSPS) is 18.4. The standard InChI is InChI=1S/C14H19NO3/c1-15-8-12(16)14(18)11-6-4-10(5-7-11)13(17)9-2-3-9/h4-7,9,12,14-16,18H,2-3,8H2,1H3. The van der Waals surface area contributed by atoms with Crippen LogP contribution in [-0.4, -0.2) is 35.7 Å². The zero-order chi connectivity index (χ0) is 13.1. The first kappa shape index (κ1) is 13.2. The number of likely N-dealkylation sites (N-methyl/N-ethyl adjacent to an activating group) is 1. The number of ketones is 1. The number of aliphatic hydroxyl groups is 2. The van der Waals surface area contributed by atoms with Gasteiger partial charge in [-0.25, -0.2) is 0 Å². The molecule has 0 radical (unpaired) electrons. The van der Waals surface area contributed by atoms with E-state index in [1.165, 1.54) is 0 Å². The lowest BCUT2D eigenvalue weighted by molar-refractivity contribution is 0.0202. The highest BCUT2D eigenvalue weighted by Crippen LogP contribution is 2.32. The maximum absolute atomic E-state index is 11.8. The third-order valence-electron chi connectivity index (χ3n) is 3.26. The highest BCUT2D eigenvalue weighted by Gasteiger charge is 2.30. The molecule has 98 valence electrons. The second kappa shape index (κ2) is 5.61. The number of carbonyl (C=O) groups excluding carboxylic acids is 1. The van der Waals surface area contributed by atoms with E-state index in [2.05, 4.69) is 5.32 Å². The maximum atomic E-state index is 11.8. The number of hydrogen-bond donors (Lipinski definition) is 3. The summed E-state index contributed by atoms with van der Waals surface area (Å²) in [6.45, 7) is 0.323. The van der Waals surface area contributed by atoms with E-state index in [1.54, 1.807) is 31.3 Å². The lowest BCUT2D eigenvalue weighted by Crippen LogP contribution is -2.29. The average molecular weight is 249 g/mol. The highest BCUT2D eigenvalue weighted by atomic mass is 16.3. The number of carbonyl (C=O) groups is 1. The summed E-state index contributed by atoms with van der Waals surface area (Å²) in [6, 6.07) is 6.87. The summed E-state index contributed by atoms with van der Waals surface area (Å²) in [5.74, 6) is 0.391. The van der Waals surface area contributed by atoms with Gasteiger partial charge in [-0.1, -0.05) is 24.3 Å². The van der Waals surface area contributed by atoms with Crippen molar-refractivity contribution in [3.05, 3.63) is 35.4 Å². The molecule has 1 aliphatic rings. The first-order chi connectivity index (χ1) is 8.63. The first-order valence-corrected chi connectivity index (χ1v) is 6.28. The molecule has 2 atom stereocenters. The summed E-state index contributed by atoms with van der Waals surface area (Å²) >= 11 is 0. The lowest BCUT2D eigenvalue weighted by atomic mass is 10.00. The zero-order valence-corrected chi connectivity index (χ0v) is 10.5. The molecule has 4 heteroatoms.